The van der Waals surface area contributed by atoms with Gasteiger partial charge in [-0.3, -0.25) is 14.3 Å². The van der Waals surface area contributed by atoms with Crippen molar-refractivity contribution in [2.24, 2.45) is 0 Å². The van der Waals surface area contributed by atoms with E-state index in [2.05, 4.69) is 22.0 Å². The number of non-ortho nitro benzene ring substituents is 1. The SMILES string of the molecule is Cc1cc([N+](=O)[O-])[c-]cc1N(CCBr)CCOS(C)(=O)=O.[Y]. The fourth-order valence-electron chi connectivity index (χ4n) is 1.78. The van der Waals surface area contributed by atoms with Crippen LogP contribution in [0.2, 0.25) is 0 Å². The fraction of sp³-hybridized carbons (Fsp3) is 0.500. The molecule has 1 rings (SSSR count). The van der Waals surface area contributed by atoms with Crippen LogP contribution in [0.3, 0.4) is 0 Å². The first-order chi connectivity index (χ1) is 9.74. The zero-order valence-corrected chi connectivity index (χ0v) is 17.5. The molecular formula is C12H16BrN2O5SY-. The predicted octanol–water partition coefficient (Wildman–Crippen LogP) is 1.88. The normalized spacial score (nSPS) is 10.9. The average Bonchev–Trinajstić information content (AvgIpc) is 2.36. The van der Waals surface area contributed by atoms with Crippen molar-refractivity contribution in [3.05, 3.63) is 33.9 Å². The van der Waals surface area contributed by atoms with Gasteiger partial charge in [-0.25, -0.2) is 0 Å². The topological polar surface area (TPSA) is 89.8 Å². The first-order valence-corrected chi connectivity index (χ1v) is 9.00. The Kier molecular flexibility index (Phi) is 9.88. The second kappa shape index (κ2) is 9.92. The van der Waals surface area contributed by atoms with Crippen LogP contribution in [0.25, 0.3) is 0 Å². The van der Waals surface area contributed by atoms with E-state index < -0.39 is 15.0 Å². The summed E-state index contributed by atoms with van der Waals surface area (Å²) >= 11 is 3.32. The summed E-state index contributed by atoms with van der Waals surface area (Å²) in [5.41, 5.74) is 1.39. The maximum absolute atomic E-state index is 11.0. The molecule has 0 aromatic heterocycles. The average molecular weight is 469 g/mol. The minimum Gasteiger partial charge on any atom is -0.420 e. The molecule has 0 aliphatic rings. The Hall–Kier alpha value is -0.0861. The molecule has 0 atom stereocenters. The van der Waals surface area contributed by atoms with Gasteiger partial charge < -0.3 is 4.90 Å². The number of benzene rings is 1. The molecule has 0 heterocycles. The quantitative estimate of drug-likeness (QED) is 0.190. The Morgan fingerprint density at radius 3 is 2.55 bits per heavy atom. The Labute approximate surface area is 163 Å². The number of hydrogen-bond donors (Lipinski definition) is 0. The second-order valence-electron chi connectivity index (χ2n) is 4.35. The first kappa shape index (κ1) is 21.9. The molecule has 0 aliphatic carbocycles. The van der Waals surface area contributed by atoms with E-state index in [-0.39, 0.29) is 45.0 Å². The molecule has 1 aromatic carbocycles. The summed E-state index contributed by atoms with van der Waals surface area (Å²) in [5.74, 6) is 0. The molecular weight excluding hydrogens is 453 g/mol. The van der Waals surface area contributed by atoms with Crippen LogP contribution in [-0.2, 0) is 47.0 Å². The Bertz CT molecular complexity index is 612. The molecule has 0 amide bonds. The number of aryl methyl sites for hydroxylation is 1. The monoisotopic (exact) mass is 468 g/mol. The van der Waals surface area contributed by atoms with E-state index in [1.54, 1.807) is 6.92 Å². The summed E-state index contributed by atoms with van der Waals surface area (Å²) in [4.78, 5) is 12.1. The van der Waals surface area contributed by atoms with Crippen LogP contribution in [-0.4, -0.2) is 44.6 Å². The standard InChI is InChI=1S/C12H16BrN2O5S.Y/c1-10-9-11(15(16)17)3-4-12(10)14(6-5-13)7-8-20-21(2,18)19;/h4,9H,5-8H2,1-2H3;/q-1;. The fourth-order valence-corrected chi connectivity index (χ4v) is 2.58. The summed E-state index contributed by atoms with van der Waals surface area (Å²) < 4.78 is 26.7. The van der Waals surface area contributed by atoms with Gasteiger partial charge >= 0.3 is 0 Å². The number of alkyl halides is 1. The molecule has 0 aliphatic heterocycles. The summed E-state index contributed by atoms with van der Waals surface area (Å²) in [7, 11) is -3.48. The summed E-state index contributed by atoms with van der Waals surface area (Å²) in [6.45, 7) is 2.74. The molecule has 7 nitrogen and oxygen atoms in total. The van der Waals surface area contributed by atoms with Crippen molar-refractivity contribution < 1.29 is 50.2 Å². The number of rotatable bonds is 8. The maximum Gasteiger partial charge on any atom is 0.264 e. The van der Waals surface area contributed by atoms with Crippen LogP contribution in [0, 0.1) is 23.1 Å². The van der Waals surface area contributed by atoms with Crippen LogP contribution in [0.1, 0.15) is 5.56 Å². The Morgan fingerprint density at radius 2 is 2.09 bits per heavy atom. The Morgan fingerprint density at radius 1 is 1.45 bits per heavy atom. The maximum atomic E-state index is 11.0. The van der Waals surface area contributed by atoms with Crippen molar-refractivity contribution in [3.63, 3.8) is 0 Å². The van der Waals surface area contributed by atoms with E-state index in [9.17, 15) is 18.5 Å². The number of nitro groups is 1. The molecule has 121 valence electrons. The van der Waals surface area contributed by atoms with E-state index in [0.717, 1.165) is 17.5 Å². The molecule has 0 saturated carbocycles. The van der Waals surface area contributed by atoms with Crippen LogP contribution in [0.5, 0.6) is 0 Å². The molecule has 0 spiro atoms. The summed E-state index contributed by atoms with van der Waals surface area (Å²) in [6, 6.07) is 5.58. The van der Waals surface area contributed by atoms with Crippen LogP contribution in [0.4, 0.5) is 11.4 Å². The zero-order chi connectivity index (χ0) is 16.0. The number of hydrogen-bond acceptors (Lipinski definition) is 6. The summed E-state index contributed by atoms with van der Waals surface area (Å²) in [6.07, 6.45) is 0.993. The molecule has 1 radical (unpaired) electrons. The van der Waals surface area contributed by atoms with Gasteiger partial charge in [0.1, 0.15) is 0 Å². The molecule has 0 fully saturated rings. The van der Waals surface area contributed by atoms with Gasteiger partial charge in [0.05, 0.1) is 12.9 Å². The first-order valence-electron chi connectivity index (χ1n) is 6.06. The van der Waals surface area contributed by atoms with Crippen molar-refractivity contribution in [3.8, 4) is 0 Å². The predicted molar refractivity (Wildman–Crippen MR) is 83.5 cm³/mol. The van der Waals surface area contributed by atoms with Gasteiger partial charge in [0.15, 0.2) is 5.69 Å². The number of anilines is 1. The zero-order valence-electron chi connectivity index (χ0n) is 12.3. The minimum absolute atomic E-state index is 0. The van der Waals surface area contributed by atoms with E-state index in [1.807, 2.05) is 4.90 Å². The third kappa shape index (κ3) is 7.45. The van der Waals surface area contributed by atoms with E-state index in [0.29, 0.717) is 18.4 Å². The number of nitrogens with zero attached hydrogens (tertiary/aromatic N) is 2. The molecule has 0 bridgehead atoms. The Balaban J connectivity index is 0.00000441. The van der Waals surface area contributed by atoms with Crippen molar-refractivity contribution in [2.75, 3.05) is 36.2 Å². The summed E-state index contributed by atoms with van der Waals surface area (Å²) in [5, 5.41) is 11.4. The van der Waals surface area contributed by atoms with Gasteiger partial charge in [0, 0.05) is 56.1 Å². The third-order valence-corrected chi connectivity index (χ3v) is 3.61. The van der Waals surface area contributed by atoms with E-state index in [4.69, 9.17) is 4.18 Å². The van der Waals surface area contributed by atoms with Gasteiger partial charge in [-0.1, -0.05) is 40.7 Å². The smallest absolute Gasteiger partial charge is 0.264 e. The van der Waals surface area contributed by atoms with Crippen molar-refractivity contribution in [1.29, 1.82) is 0 Å². The van der Waals surface area contributed by atoms with Gasteiger partial charge in [-0.05, 0) is 0 Å². The van der Waals surface area contributed by atoms with Crippen molar-refractivity contribution >= 4 is 37.4 Å². The number of halogens is 1. The third-order valence-electron chi connectivity index (χ3n) is 2.66. The van der Waals surface area contributed by atoms with Crippen molar-refractivity contribution in [1.82, 2.24) is 0 Å². The van der Waals surface area contributed by atoms with Gasteiger partial charge in [0.25, 0.3) is 10.1 Å². The van der Waals surface area contributed by atoms with Crippen LogP contribution >= 0.6 is 15.9 Å². The largest absolute Gasteiger partial charge is 0.420 e. The van der Waals surface area contributed by atoms with Crippen molar-refractivity contribution in [2.45, 2.75) is 6.92 Å². The van der Waals surface area contributed by atoms with Crippen LogP contribution < -0.4 is 4.90 Å². The second-order valence-corrected chi connectivity index (χ2v) is 6.78. The van der Waals surface area contributed by atoms with Gasteiger partial charge in [-0.2, -0.15) is 8.42 Å². The molecule has 10 heteroatoms. The number of nitro benzene ring substituents is 1. The van der Waals surface area contributed by atoms with Crippen LogP contribution in [0.15, 0.2) is 12.1 Å². The van der Waals surface area contributed by atoms with Gasteiger partial charge in [0.2, 0.25) is 0 Å². The van der Waals surface area contributed by atoms with E-state index in [1.165, 1.54) is 12.1 Å². The molecule has 22 heavy (non-hydrogen) atoms. The molecule has 0 unspecified atom stereocenters. The molecule has 0 N–H and O–H groups in total. The minimum atomic E-state index is -3.48. The van der Waals surface area contributed by atoms with Gasteiger partial charge in [-0.15, -0.1) is 11.6 Å². The molecule has 1 aromatic rings. The molecule has 0 saturated heterocycles. The van der Waals surface area contributed by atoms with E-state index >= 15 is 0 Å².